The SMILES string of the molecule is CN1CCN(c2cnn(C3CN(Cc4noc5c4CCC5)C3)c2)C1=O. The zero-order chi connectivity index (χ0) is 17.0. The molecule has 0 radical (unpaired) electrons. The maximum Gasteiger partial charge on any atom is 0.324 e. The molecule has 8 nitrogen and oxygen atoms in total. The number of urea groups is 1. The third-order valence-electron chi connectivity index (χ3n) is 5.58. The maximum atomic E-state index is 12.1. The van der Waals surface area contributed by atoms with E-state index in [2.05, 4.69) is 15.2 Å². The van der Waals surface area contributed by atoms with E-state index in [1.54, 1.807) is 16.0 Å². The molecule has 0 saturated carbocycles. The quantitative estimate of drug-likeness (QED) is 0.837. The number of anilines is 1. The minimum absolute atomic E-state index is 0.0506. The van der Waals surface area contributed by atoms with Crippen molar-refractivity contribution >= 4 is 11.7 Å². The van der Waals surface area contributed by atoms with Crippen molar-refractivity contribution in [1.29, 1.82) is 0 Å². The molecule has 0 unspecified atom stereocenters. The van der Waals surface area contributed by atoms with Crippen LogP contribution in [0.1, 0.15) is 29.5 Å². The Kier molecular flexibility index (Phi) is 3.34. The molecule has 0 bridgehead atoms. The minimum atomic E-state index is 0.0506. The number of likely N-dealkylation sites (N-methyl/N-ethyl adjacent to an activating group) is 1. The van der Waals surface area contributed by atoms with Crippen molar-refractivity contribution in [3.63, 3.8) is 0 Å². The zero-order valence-electron chi connectivity index (χ0n) is 14.4. The van der Waals surface area contributed by atoms with Gasteiger partial charge in [-0.3, -0.25) is 14.5 Å². The molecule has 1 aliphatic carbocycles. The first-order chi connectivity index (χ1) is 12.2. The molecule has 2 saturated heterocycles. The number of carbonyl (C=O) groups excluding carboxylic acids is 1. The van der Waals surface area contributed by atoms with E-state index < -0.39 is 0 Å². The number of hydrogen-bond acceptors (Lipinski definition) is 5. The van der Waals surface area contributed by atoms with Crippen LogP contribution in [0.25, 0.3) is 0 Å². The molecule has 8 heteroatoms. The van der Waals surface area contributed by atoms with Crippen LogP contribution in [0.15, 0.2) is 16.9 Å². The Morgan fingerprint density at radius 1 is 1.28 bits per heavy atom. The van der Waals surface area contributed by atoms with Gasteiger partial charge in [0.25, 0.3) is 0 Å². The lowest BCUT2D eigenvalue weighted by atomic mass is 10.1. The van der Waals surface area contributed by atoms with Gasteiger partial charge in [-0.1, -0.05) is 5.16 Å². The highest BCUT2D eigenvalue weighted by Crippen LogP contribution is 2.29. The summed E-state index contributed by atoms with van der Waals surface area (Å²) in [7, 11) is 1.83. The normalized spacial score (nSPS) is 21.2. The second-order valence-electron chi connectivity index (χ2n) is 7.27. The van der Waals surface area contributed by atoms with Gasteiger partial charge in [0.15, 0.2) is 0 Å². The Labute approximate surface area is 145 Å². The molecule has 2 aromatic rings. The number of likely N-dealkylation sites (tertiary alicyclic amines) is 1. The summed E-state index contributed by atoms with van der Waals surface area (Å²) < 4.78 is 7.42. The largest absolute Gasteiger partial charge is 0.361 e. The average molecular weight is 342 g/mol. The van der Waals surface area contributed by atoms with Crippen LogP contribution in [0, 0.1) is 0 Å². The third-order valence-corrected chi connectivity index (χ3v) is 5.58. The van der Waals surface area contributed by atoms with E-state index in [9.17, 15) is 4.79 Å². The summed E-state index contributed by atoms with van der Waals surface area (Å²) in [4.78, 5) is 18.0. The Bertz CT molecular complexity index is 806. The van der Waals surface area contributed by atoms with Crippen LogP contribution in [-0.2, 0) is 19.4 Å². The van der Waals surface area contributed by atoms with Crippen LogP contribution in [0.3, 0.4) is 0 Å². The van der Waals surface area contributed by atoms with Crippen LogP contribution >= 0.6 is 0 Å². The number of hydrogen-bond donors (Lipinski definition) is 0. The van der Waals surface area contributed by atoms with Gasteiger partial charge in [-0.15, -0.1) is 0 Å². The molecule has 2 fully saturated rings. The van der Waals surface area contributed by atoms with Crippen molar-refractivity contribution in [3.05, 3.63) is 29.4 Å². The van der Waals surface area contributed by atoms with Gasteiger partial charge in [0.05, 0.1) is 17.9 Å². The molecule has 4 heterocycles. The molecule has 5 rings (SSSR count). The number of rotatable bonds is 4. The molecule has 0 aromatic carbocycles. The fourth-order valence-electron chi connectivity index (χ4n) is 4.02. The smallest absolute Gasteiger partial charge is 0.324 e. The number of nitrogens with zero attached hydrogens (tertiary/aromatic N) is 6. The molecule has 2 aliphatic heterocycles. The Hall–Kier alpha value is -2.35. The second kappa shape index (κ2) is 5.59. The summed E-state index contributed by atoms with van der Waals surface area (Å²) in [6.07, 6.45) is 7.11. The van der Waals surface area contributed by atoms with Crippen LogP contribution in [0.2, 0.25) is 0 Å². The van der Waals surface area contributed by atoms with Crippen molar-refractivity contribution in [2.24, 2.45) is 0 Å². The lowest BCUT2D eigenvalue weighted by Crippen LogP contribution is -2.47. The summed E-state index contributed by atoms with van der Waals surface area (Å²) in [6.45, 7) is 4.27. The lowest BCUT2D eigenvalue weighted by Gasteiger charge is -2.38. The molecule has 25 heavy (non-hydrogen) atoms. The summed E-state index contributed by atoms with van der Waals surface area (Å²) >= 11 is 0. The van der Waals surface area contributed by atoms with Gasteiger partial charge in [-0.2, -0.15) is 5.10 Å². The van der Waals surface area contributed by atoms with E-state index in [1.165, 1.54) is 12.0 Å². The van der Waals surface area contributed by atoms with E-state index in [0.29, 0.717) is 6.04 Å². The van der Waals surface area contributed by atoms with Crippen molar-refractivity contribution in [2.75, 3.05) is 38.1 Å². The van der Waals surface area contributed by atoms with E-state index >= 15 is 0 Å². The first-order valence-electron chi connectivity index (χ1n) is 8.94. The van der Waals surface area contributed by atoms with E-state index in [0.717, 1.165) is 62.7 Å². The minimum Gasteiger partial charge on any atom is -0.361 e. The van der Waals surface area contributed by atoms with Crippen molar-refractivity contribution in [3.8, 4) is 0 Å². The number of amides is 2. The highest BCUT2D eigenvalue weighted by molar-refractivity contribution is 5.93. The monoisotopic (exact) mass is 342 g/mol. The molecule has 0 spiro atoms. The van der Waals surface area contributed by atoms with Crippen molar-refractivity contribution in [1.82, 2.24) is 24.7 Å². The second-order valence-corrected chi connectivity index (χ2v) is 7.27. The van der Waals surface area contributed by atoms with E-state index in [1.807, 2.05) is 17.9 Å². The molecular weight excluding hydrogens is 320 g/mol. The number of carbonyl (C=O) groups is 1. The van der Waals surface area contributed by atoms with Crippen LogP contribution < -0.4 is 4.90 Å². The van der Waals surface area contributed by atoms with Gasteiger partial charge in [0.2, 0.25) is 0 Å². The standard InChI is InChI=1S/C17H22N6O2/c1-20-5-6-22(17(20)24)12-7-18-23(10-12)13-8-21(9-13)11-15-14-3-2-4-16(14)25-19-15/h7,10,13H,2-6,8-9,11H2,1H3. The Morgan fingerprint density at radius 3 is 2.96 bits per heavy atom. The predicted octanol–water partition coefficient (Wildman–Crippen LogP) is 1.29. The number of aromatic nitrogens is 3. The topological polar surface area (TPSA) is 70.6 Å². The molecule has 3 aliphatic rings. The highest BCUT2D eigenvalue weighted by Gasteiger charge is 2.33. The fourth-order valence-corrected chi connectivity index (χ4v) is 4.02. The van der Waals surface area contributed by atoms with Crippen LogP contribution in [-0.4, -0.2) is 64.0 Å². The maximum absolute atomic E-state index is 12.1. The Morgan fingerprint density at radius 2 is 2.16 bits per heavy atom. The van der Waals surface area contributed by atoms with E-state index in [4.69, 9.17) is 4.52 Å². The summed E-state index contributed by atoms with van der Waals surface area (Å²) in [5.74, 6) is 1.09. The Balaban J connectivity index is 1.20. The van der Waals surface area contributed by atoms with Gasteiger partial charge in [-0.25, -0.2) is 4.79 Å². The number of fused-ring (bicyclic) bond motifs is 1. The average Bonchev–Trinajstić information content (AvgIpc) is 3.30. The first-order valence-corrected chi connectivity index (χ1v) is 8.94. The number of aryl methyl sites for hydroxylation is 1. The van der Waals surface area contributed by atoms with Crippen LogP contribution in [0.4, 0.5) is 10.5 Å². The van der Waals surface area contributed by atoms with Gasteiger partial charge in [0, 0.05) is 58.0 Å². The van der Waals surface area contributed by atoms with E-state index in [-0.39, 0.29) is 6.03 Å². The molecule has 132 valence electrons. The van der Waals surface area contributed by atoms with Crippen LogP contribution in [0.5, 0.6) is 0 Å². The fraction of sp³-hybridized carbons (Fsp3) is 0.588. The summed E-state index contributed by atoms with van der Waals surface area (Å²) in [5, 5.41) is 8.72. The molecule has 0 N–H and O–H groups in total. The predicted molar refractivity (Wildman–Crippen MR) is 90.4 cm³/mol. The summed E-state index contributed by atoms with van der Waals surface area (Å²) in [5.41, 5.74) is 3.33. The molecule has 2 amide bonds. The molecule has 2 aromatic heterocycles. The lowest BCUT2D eigenvalue weighted by molar-refractivity contribution is 0.0880. The van der Waals surface area contributed by atoms with Crippen molar-refractivity contribution in [2.45, 2.75) is 31.8 Å². The van der Waals surface area contributed by atoms with Gasteiger partial charge in [0.1, 0.15) is 11.5 Å². The third kappa shape index (κ3) is 2.43. The summed E-state index contributed by atoms with van der Waals surface area (Å²) in [6, 6.07) is 0.416. The molecule has 0 atom stereocenters. The highest BCUT2D eigenvalue weighted by atomic mass is 16.5. The molecular formula is C17H22N6O2. The van der Waals surface area contributed by atoms with Gasteiger partial charge < -0.3 is 9.42 Å². The first kappa shape index (κ1) is 14.9. The van der Waals surface area contributed by atoms with Crippen molar-refractivity contribution < 1.29 is 9.32 Å². The zero-order valence-corrected chi connectivity index (χ0v) is 14.4. The van der Waals surface area contributed by atoms with Gasteiger partial charge >= 0.3 is 6.03 Å². The van der Waals surface area contributed by atoms with Gasteiger partial charge in [-0.05, 0) is 12.8 Å².